The summed E-state index contributed by atoms with van der Waals surface area (Å²) in [5.74, 6) is 0.514. The summed E-state index contributed by atoms with van der Waals surface area (Å²) < 4.78 is 32.5. The van der Waals surface area contributed by atoms with Crippen LogP contribution in [0.5, 0.6) is 11.5 Å². The summed E-state index contributed by atoms with van der Waals surface area (Å²) in [6.45, 7) is 5.74. The molecule has 0 N–H and O–H groups in total. The summed E-state index contributed by atoms with van der Waals surface area (Å²) in [7, 11) is 0. The molecule has 192 valence electrons. The second-order valence-electron chi connectivity index (χ2n) is 7.71. The number of aryl methyl sites for hydroxylation is 1. The average molecular weight is 551 g/mol. The van der Waals surface area contributed by atoms with Crippen molar-refractivity contribution in [1.29, 1.82) is 5.26 Å². The van der Waals surface area contributed by atoms with Crippen molar-refractivity contribution in [2.45, 2.75) is 27.2 Å². The molecule has 0 radical (unpaired) electrons. The van der Waals surface area contributed by atoms with Gasteiger partial charge in [-0.15, -0.1) is 10.2 Å². The fourth-order valence-corrected chi connectivity index (χ4v) is 3.90. The van der Waals surface area contributed by atoms with Crippen molar-refractivity contribution in [3.8, 4) is 40.6 Å². The molecule has 0 bridgehead atoms. The van der Waals surface area contributed by atoms with Gasteiger partial charge >= 0.3 is 0 Å². The SMILES string of the molecule is CC.Cc1oc(-c2ccccc2)nc1-c1nnc(Cc2ccc(Cl)c(Oc3cc(Cl)cc(C#N)c3)c2F)o1. The van der Waals surface area contributed by atoms with Gasteiger partial charge in [0.2, 0.25) is 11.8 Å². The molecule has 0 unspecified atom stereocenters. The maximum Gasteiger partial charge on any atom is 0.269 e. The highest BCUT2D eigenvalue weighted by molar-refractivity contribution is 6.32. The van der Waals surface area contributed by atoms with Crippen molar-refractivity contribution < 1.29 is 18.0 Å². The van der Waals surface area contributed by atoms with Crippen LogP contribution < -0.4 is 4.74 Å². The van der Waals surface area contributed by atoms with Crippen molar-refractivity contribution in [1.82, 2.24) is 15.2 Å². The van der Waals surface area contributed by atoms with Gasteiger partial charge in [0.05, 0.1) is 23.1 Å². The first-order valence-corrected chi connectivity index (χ1v) is 12.4. The lowest BCUT2D eigenvalue weighted by molar-refractivity contribution is 0.437. The molecule has 2 aromatic heterocycles. The first-order chi connectivity index (χ1) is 18.4. The highest BCUT2D eigenvalue weighted by Crippen LogP contribution is 2.36. The van der Waals surface area contributed by atoms with Crippen LogP contribution in [-0.4, -0.2) is 15.2 Å². The van der Waals surface area contributed by atoms with Crippen LogP contribution in [0.4, 0.5) is 4.39 Å². The Bertz CT molecular complexity index is 1610. The summed E-state index contributed by atoms with van der Waals surface area (Å²) in [5.41, 5.74) is 1.70. The standard InChI is InChI=1S/C26H15Cl2FN4O3.C2H6/c1-14-23(31-25(34-14)16-5-3-2-4-6-16)26-33-32-21(36-26)11-17-7-8-20(28)24(22(17)29)35-19-10-15(13-30)9-18(27)12-19;1-2/h2-10,12H,11H2,1H3;1-2H3. The van der Waals surface area contributed by atoms with Crippen LogP contribution in [0.1, 0.15) is 36.6 Å². The second-order valence-corrected chi connectivity index (χ2v) is 8.55. The highest BCUT2D eigenvalue weighted by Gasteiger charge is 2.21. The topological polar surface area (TPSA) is 98.0 Å². The molecule has 10 heteroatoms. The van der Waals surface area contributed by atoms with E-state index in [2.05, 4.69) is 15.2 Å². The minimum Gasteiger partial charge on any atom is -0.453 e. The van der Waals surface area contributed by atoms with Gasteiger partial charge < -0.3 is 13.6 Å². The molecule has 0 aliphatic carbocycles. The minimum absolute atomic E-state index is 0.0200. The number of aromatic nitrogens is 3. The number of hydrogen-bond donors (Lipinski definition) is 0. The van der Waals surface area contributed by atoms with Gasteiger partial charge in [0, 0.05) is 16.1 Å². The monoisotopic (exact) mass is 550 g/mol. The predicted molar refractivity (Wildman–Crippen MR) is 142 cm³/mol. The quantitative estimate of drug-likeness (QED) is 0.209. The van der Waals surface area contributed by atoms with Crippen LogP contribution in [-0.2, 0) is 6.42 Å². The number of rotatable bonds is 6. The molecule has 38 heavy (non-hydrogen) atoms. The van der Waals surface area contributed by atoms with Crippen LogP contribution in [0.2, 0.25) is 10.0 Å². The van der Waals surface area contributed by atoms with Crippen LogP contribution in [0, 0.1) is 24.1 Å². The Hall–Kier alpha value is -4.19. The van der Waals surface area contributed by atoms with Crippen LogP contribution in [0.15, 0.2) is 69.5 Å². The molecule has 5 aromatic rings. The lowest BCUT2D eigenvalue weighted by Crippen LogP contribution is -1.98. The van der Waals surface area contributed by atoms with Gasteiger partial charge in [0.15, 0.2) is 17.3 Å². The zero-order chi connectivity index (χ0) is 27.2. The van der Waals surface area contributed by atoms with E-state index >= 15 is 4.39 Å². The Morgan fingerprint density at radius 3 is 2.47 bits per heavy atom. The molecule has 5 rings (SSSR count). The van der Waals surface area contributed by atoms with Crippen molar-refractivity contribution in [3.63, 3.8) is 0 Å². The fraction of sp³-hybridized carbons (Fsp3) is 0.143. The van der Waals surface area contributed by atoms with Crippen LogP contribution >= 0.6 is 23.2 Å². The van der Waals surface area contributed by atoms with Crippen LogP contribution in [0.25, 0.3) is 23.0 Å². The van der Waals surface area contributed by atoms with E-state index in [4.69, 9.17) is 42.0 Å². The van der Waals surface area contributed by atoms with E-state index in [1.54, 1.807) is 6.92 Å². The Labute approximate surface area is 228 Å². The minimum atomic E-state index is -0.704. The predicted octanol–water partition coefficient (Wildman–Crippen LogP) is 8.43. The number of hydrogen-bond acceptors (Lipinski definition) is 7. The van der Waals surface area contributed by atoms with Crippen molar-refractivity contribution in [3.05, 3.63) is 99.3 Å². The normalized spacial score (nSPS) is 10.4. The molecule has 0 aliphatic rings. The lowest BCUT2D eigenvalue weighted by atomic mass is 10.1. The van der Waals surface area contributed by atoms with E-state index in [1.807, 2.05) is 50.2 Å². The maximum absolute atomic E-state index is 15.3. The number of halogens is 3. The summed E-state index contributed by atoms with van der Waals surface area (Å²) >= 11 is 12.2. The van der Waals surface area contributed by atoms with Crippen molar-refractivity contribution >= 4 is 23.2 Å². The third-order valence-corrected chi connectivity index (χ3v) is 5.69. The zero-order valence-corrected chi connectivity index (χ0v) is 22.1. The summed E-state index contributed by atoms with van der Waals surface area (Å²) in [4.78, 5) is 4.47. The van der Waals surface area contributed by atoms with Crippen molar-refractivity contribution in [2.75, 3.05) is 0 Å². The highest BCUT2D eigenvalue weighted by atomic mass is 35.5. The molecule has 2 heterocycles. The molecule has 0 spiro atoms. The first-order valence-electron chi connectivity index (χ1n) is 11.6. The maximum atomic E-state index is 15.3. The van der Waals surface area contributed by atoms with E-state index in [9.17, 15) is 0 Å². The van der Waals surface area contributed by atoms with Crippen LogP contribution in [0.3, 0.4) is 0 Å². The average Bonchev–Trinajstić information content (AvgIpc) is 3.55. The Morgan fingerprint density at radius 1 is 0.974 bits per heavy atom. The van der Waals surface area contributed by atoms with Crippen molar-refractivity contribution in [2.24, 2.45) is 0 Å². The molecule has 0 amide bonds. The molecule has 0 fully saturated rings. The smallest absolute Gasteiger partial charge is 0.269 e. The summed E-state index contributed by atoms with van der Waals surface area (Å²) in [6, 6.07) is 18.7. The number of nitrogens with zero attached hydrogens (tertiary/aromatic N) is 4. The number of nitriles is 1. The van der Waals surface area contributed by atoms with E-state index in [-0.39, 0.29) is 50.9 Å². The van der Waals surface area contributed by atoms with Gasteiger partial charge in [-0.25, -0.2) is 9.37 Å². The molecular weight excluding hydrogens is 530 g/mol. The largest absolute Gasteiger partial charge is 0.453 e. The van der Waals surface area contributed by atoms with Gasteiger partial charge in [0.1, 0.15) is 11.5 Å². The Kier molecular flexibility index (Phi) is 8.41. The van der Waals surface area contributed by atoms with Gasteiger partial charge in [-0.3, -0.25) is 0 Å². The summed E-state index contributed by atoms with van der Waals surface area (Å²) in [6.07, 6.45) is -0.0200. The zero-order valence-electron chi connectivity index (χ0n) is 20.6. The Morgan fingerprint density at radius 2 is 1.74 bits per heavy atom. The fourth-order valence-electron chi connectivity index (χ4n) is 3.49. The molecule has 0 aliphatic heterocycles. The van der Waals surface area contributed by atoms with E-state index in [1.165, 1.54) is 30.3 Å². The van der Waals surface area contributed by atoms with Gasteiger partial charge in [0.25, 0.3) is 5.89 Å². The van der Waals surface area contributed by atoms with E-state index in [0.29, 0.717) is 17.3 Å². The number of oxazole rings is 1. The Balaban J connectivity index is 0.00000164. The third kappa shape index (κ3) is 5.86. The molecule has 0 atom stereocenters. The molecule has 0 saturated heterocycles. The summed E-state index contributed by atoms with van der Waals surface area (Å²) in [5, 5.41) is 17.5. The lowest BCUT2D eigenvalue weighted by Gasteiger charge is -2.11. The molecule has 0 saturated carbocycles. The van der Waals surface area contributed by atoms with E-state index in [0.717, 1.165) is 5.56 Å². The molecule has 3 aromatic carbocycles. The van der Waals surface area contributed by atoms with Gasteiger partial charge in [-0.1, -0.05) is 61.3 Å². The number of benzene rings is 3. The molecular formula is C28H21Cl2FN4O3. The number of ether oxygens (including phenoxy) is 1. The second kappa shape index (κ2) is 11.9. The van der Waals surface area contributed by atoms with E-state index < -0.39 is 5.82 Å². The molecule has 7 nitrogen and oxygen atoms in total. The van der Waals surface area contributed by atoms with Gasteiger partial charge in [-0.2, -0.15) is 5.26 Å². The first kappa shape index (κ1) is 26.9. The third-order valence-electron chi connectivity index (χ3n) is 5.18. The van der Waals surface area contributed by atoms with Gasteiger partial charge in [-0.05, 0) is 43.3 Å².